The van der Waals surface area contributed by atoms with Crippen LogP contribution in [0.3, 0.4) is 0 Å². The van der Waals surface area contributed by atoms with Crippen molar-refractivity contribution in [2.24, 2.45) is 5.92 Å². The summed E-state index contributed by atoms with van der Waals surface area (Å²) >= 11 is 0. The molecule has 6 heteroatoms. The molecule has 0 saturated carbocycles. The molecule has 3 aromatic carbocycles. The van der Waals surface area contributed by atoms with Gasteiger partial charge in [-0.25, -0.2) is 4.39 Å². The fourth-order valence-electron chi connectivity index (χ4n) is 5.64. The minimum atomic E-state index is -0.434. The second-order valence-electron chi connectivity index (χ2n) is 10.1. The van der Waals surface area contributed by atoms with Gasteiger partial charge in [0, 0.05) is 36.6 Å². The number of hydrogen-bond donors (Lipinski definition) is 1. The Morgan fingerprint density at radius 2 is 1.56 bits per heavy atom. The van der Waals surface area contributed by atoms with E-state index in [0.717, 1.165) is 37.2 Å². The van der Waals surface area contributed by atoms with Gasteiger partial charge in [-0.1, -0.05) is 48.5 Å². The number of piperidine rings is 3. The van der Waals surface area contributed by atoms with Gasteiger partial charge < -0.3 is 14.5 Å². The summed E-state index contributed by atoms with van der Waals surface area (Å²) in [7, 11) is 0. The van der Waals surface area contributed by atoms with Crippen molar-refractivity contribution in [2.45, 2.75) is 24.9 Å². The largest absolute Gasteiger partial charge is 0.456 e. The Bertz CT molecular complexity index is 1180. The number of para-hydroxylation sites is 1. The standard InChI is InChI=1S/C30H32FN2O3/c31-25-13-11-23(12-14-25)28(34)20-33-17-15-24(16-18-33)29(21-33)36-30(35)27(22-7-3-1-4-8-22)19-32-26-9-5-2-6-10-26/h1-14,24,27,29,32H,15-21H2/q+1/t24?,27?,29-,33?/m0/s1. The third-order valence-electron chi connectivity index (χ3n) is 7.72. The van der Waals surface area contributed by atoms with Gasteiger partial charge in [-0.05, 0) is 42.0 Å². The van der Waals surface area contributed by atoms with Crippen molar-refractivity contribution in [3.63, 3.8) is 0 Å². The van der Waals surface area contributed by atoms with Crippen LogP contribution in [0.2, 0.25) is 0 Å². The first-order valence-corrected chi connectivity index (χ1v) is 12.7. The first kappa shape index (κ1) is 24.2. The van der Waals surface area contributed by atoms with Crippen LogP contribution in [-0.2, 0) is 9.53 Å². The number of halogens is 1. The van der Waals surface area contributed by atoms with E-state index in [1.165, 1.54) is 12.1 Å². The zero-order chi connectivity index (χ0) is 25.0. The number of nitrogens with one attached hydrogen (secondary N) is 1. The fraction of sp³-hybridized carbons (Fsp3) is 0.333. The zero-order valence-electron chi connectivity index (χ0n) is 20.3. The third kappa shape index (κ3) is 5.49. The second kappa shape index (κ2) is 10.6. The van der Waals surface area contributed by atoms with Crippen LogP contribution in [-0.4, -0.2) is 55.1 Å². The fourth-order valence-corrected chi connectivity index (χ4v) is 5.64. The number of ketones is 1. The molecule has 0 radical (unpaired) electrons. The lowest BCUT2D eigenvalue weighted by Gasteiger charge is -2.51. The van der Waals surface area contributed by atoms with Crippen LogP contribution in [0, 0.1) is 11.7 Å². The molecule has 6 rings (SSSR count). The lowest BCUT2D eigenvalue weighted by Crippen LogP contribution is -2.65. The maximum Gasteiger partial charge on any atom is 0.315 e. The van der Waals surface area contributed by atoms with Crippen LogP contribution in [0.4, 0.5) is 10.1 Å². The highest BCUT2D eigenvalue weighted by molar-refractivity contribution is 5.97. The summed E-state index contributed by atoms with van der Waals surface area (Å²) in [6.07, 6.45) is 1.67. The molecule has 3 aliphatic heterocycles. The first-order valence-electron chi connectivity index (χ1n) is 12.7. The van der Waals surface area contributed by atoms with E-state index >= 15 is 0 Å². The number of anilines is 1. The summed E-state index contributed by atoms with van der Waals surface area (Å²) in [5.41, 5.74) is 2.40. The predicted octanol–water partition coefficient (Wildman–Crippen LogP) is 5.06. The number of carbonyl (C=O) groups is 2. The Hall–Kier alpha value is -3.51. The minimum Gasteiger partial charge on any atom is -0.456 e. The Morgan fingerprint density at radius 3 is 2.22 bits per heavy atom. The second-order valence-corrected chi connectivity index (χ2v) is 10.1. The Morgan fingerprint density at radius 1 is 0.917 bits per heavy atom. The van der Waals surface area contributed by atoms with Gasteiger partial charge in [0.05, 0.1) is 19.0 Å². The van der Waals surface area contributed by atoms with Crippen LogP contribution in [0.25, 0.3) is 0 Å². The molecule has 1 N–H and O–H groups in total. The molecule has 2 bridgehead atoms. The third-order valence-corrected chi connectivity index (χ3v) is 7.72. The number of hydrogen-bond acceptors (Lipinski definition) is 4. The highest BCUT2D eigenvalue weighted by atomic mass is 19.1. The number of fused-ring (bicyclic) bond motifs is 3. The molecule has 5 nitrogen and oxygen atoms in total. The molecule has 3 heterocycles. The topological polar surface area (TPSA) is 55.4 Å². The molecular weight excluding hydrogens is 455 g/mol. The van der Waals surface area contributed by atoms with E-state index in [0.29, 0.717) is 35.6 Å². The van der Waals surface area contributed by atoms with E-state index in [2.05, 4.69) is 5.32 Å². The van der Waals surface area contributed by atoms with Crippen LogP contribution in [0.1, 0.15) is 34.7 Å². The lowest BCUT2D eigenvalue weighted by molar-refractivity contribution is -0.938. The van der Waals surface area contributed by atoms with E-state index in [-0.39, 0.29) is 23.7 Å². The Labute approximate surface area is 211 Å². The average Bonchev–Trinajstić information content (AvgIpc) is 2.91. The molecule has 3 aromatic rings. The van der Waals surface area contributed by atoms with Crippen molar-refractivity contribution in [2.75, 3.05) is 38.0 Å². The quantitative estimate of drug-likeness (QED) is 0.261. The number of benzene rings is 3. The molecule has 0 aliphatic carbocycles. The van der Waals surface area contributed by atoms with Crippen molar-refractivity contribution in [3.8, 4) is 0 Å². The normalized spacial score (nSPS) is 23.6. The lowest BCUT2D eigenvalue weighted by atomic mass is 9.82. The van der Waals surface area contributed by atoms with Crippen LogP contribution in [0.15, 0.2) is 84.9 Å². The Kier molecular flexibility index (Phi) is 7.14. The SMILES string of the molecule is O=C(C[N+]12CCC(CC1)[C@@H](OC(=O)C(CNc1ccccc1)c1ccccc1)C2)c1ccc(F)cc1. The molecular formula is C30H32FN2O3+. The summed E-state index contributed by atoms with van der Waals surface area (Å²) in [4.78, 5) is 26.5. The van der Waals surface area contributed by atoms with Crippen molar-refractivity contribution < 1.29 is 23.2 Å². The molecule has 0 aromatic heterocycles. The van der Waals surface area contributed by atoms with Gasteiger partial charge in [0.25, 0.3) is 0 Å². The van der Waals surface area contributed by atoms with Gasteiger partial charge in [-0.15, -0.1) is 0 Å². The van der Waals surface area contributed by atoms with Crippen molar-refractivity contribution in [1.29, 1.82) is 0 Å². The van der Waals surface area contributed by atoms with Gasteiger partial charge in [-0.3, -0.25) is 9.59 Å². The van der Waals surface area contributed by atoms with Crippen molar-refractivity contribution in [3.05, 3.63) is 102 Å². The molecule has 36 heavy (non-hydrogen) atoms. The molecule has 3 aliphatic rings. The smallest absolute Gasteiger partial charge is 0.315 e. The number of rotatable bonds is 9. The van der Waals surface area contributed by atoms with Gasteiger partial charge in [0.15, 0.2) is 6.10 Å². The maximum absolute atomic E-state index is 13.5. The predicted molar refractivity (Wildman–Crippen MR) is 137 cm³/mol. The van der Waals surface area contributed by atoms with E-state index < -0.39 is 5.92 Å². The van der Waals surface area contributed by atoms with Gasteiger partial charge >= 0.3 is 5.97 Å². The molecule has 0 amide bonds. The number of ether oxygens (including phenoxy) is 1. The summed E-state index contributed by atoms with van der Waals surface area (Å²) in [5.74, 6) is -0.676. The first-order chi connectivity index (χ1) is 17.5. The molecule has 3 saturated heterocycles. The molecule has 1 unspecified atom stereocenters. The summed E-state index contributed by atoms with van der Waals surface area (Å²) in [6, 6.07) is 25.3. The molecule has 0 spiro atoms. The van der Waals surface area contributed by atoms with Gasteiger partial charge in [-0.2, -0.15) is 0 Å². The van der Waals surface area contributed by atoms with E-state index in [9.17, 15) is 14.0 Å². The zero-order valence-corrected chi connectivity index (χ0v) is 20.3. The maximum atomic E-state index is 13.5. The average molecular weight is 488 g/mol. The summed E-state index contributed by atoms with van der Waals surface area (Å²) in [5, 5.41) is 3.37. The highest BCUT2D eigenvalue weighted by Gasteiger charge is 2.49. The number of Topliss-reactive ketones (excluding diaryl/α,β-unsaturated/α-hetero) is 1. The molecule has 2 atom stereocenters. The van der Waals surface area contributed by atoms with Gasteiger partial charge in [0.2, 0.25) is 5.78 Å². The number of carbonyl (C=O) groups excluding carboxylic acids is 2. The number of quaternary nitrogens is 1. The van der Waals surface area contributed by atoms with Crippen LogP contribution < -0.4 is 5.32 Å². The number of nitrogens with zero attached hydrogens (tertiary/aromatic N) is 1. The molecule has 3 fully saturated rings. The van der Waals surface area contributed by atoms with E-state index in [1.807, 2.05) is 60.7 Å². The van der Waals surface area contributed by atoms with Crippen LogP contribution >= 0.6 is 0 Å². The van der Waals surface area contributed by atoms with Crippen LogP contribution in [0.5, 0.6) is 0 Å². The molecule has 186 valence electrons. The highest BCUT2D eigenvalue weighted by Crippen LogP contribution is 2.36. The summed E-state index contributed by atoms with van der Waals surface area (Å²) in [6.45, 7) is 3.25. The summed E-state index contributed by atoms with van der Waals surface area (Å²) < 4.78 is 20.1. The van der Waals surface area contributed by atoms with E-state index in [1.54, 1.807) is 12.1 Å². The van der Waals surface area contributed by atoms with Gasteiger partial charge in [0.1, 0.15) is 18.9 Å². The van der Waals surface area contributed by atoms with Crippen molar-refractivity contribution in [1.82, 2.24) is 0 Å². The Balaban J connectivity index is 1.28. The minimum absolute atomic E-state index is 0.00893. The monoisotopic (exact) mass is 487 g/mol. The number of esters is 1. The van der Waals surface area contributed by atoms with E-state index in [4.69, 9.17) is 4.74 Å². The van der Waals surface area contributed by atoms with Crippen molar-refractivity contribution >= 4 is 17.4 Å².